The Kier molecular flexibility index (Phi) is 5.55. The lowest BCUT2D eigenvalue weighted by molar-refractivity contribution is -0.136. The van der Waals surface area contributed by atoms with Gasteiger partial charge in [0.15, 0.2) is 0 Å². The second-order valence-electron chi connectivity index (χ2n) is 4.05. The largest absolute Gasteiger partial charge is 0.481 e. The summed E-state index contributed by atoms with van der Waals surface area (Å²) < 4.78 is 27.2. The number of unbranched alkanes of at least 4 members (excludes halogenated alkanes) is 1. The van der Waals surface area contributed by atoms with Gasteiger partial charge in [-0.25, -0.2) is 8.78 Å². The third kappa shape index (κ3) is 3.98. The number of carbonyl (C=O) groups is 1. The van der Waals surface area contributed by atoms with Crippen LogP contribution in [0.2, 0.25) is 0 Å². The minimum absolute atomic E-state index is 0.104. The lowest BCUT2D eigenvalue weighted by Crippen LogP contribution is -2.29. The van der Waals surface area contributed by atoms with Gasteiger partial charge in [0, 0.05) is 13.1 Å². The molecular weight excluding hydrogens is 240 g/mol. The van der Waals surface area contributed by atoms with Crippen LogP contribution in [0.1, 0.15) is 26.2 Å². The third-order valence-corrected chi connectivity index (χ3v) is 2.63. The molecular formula is C13H17F2NO2. The number of benzene rings is 1. The van der Waals surface area contributed by atoms with Crippen LogP contribution < -0.4 is 4.90 Å². The molecule has 0 amide bonds. The van der Waals surface area contributed by atoms with E-state index in [4.69, 9.17) is 5.11 Å². The van der Waals surface area contributed by atoms with Gasteiger partial charge in [0.05, 0.1) is 6.42 Å². The summed E-state index contributed by atoms with van der Waals surface area (Å²) in [6, 6.07) is 3.65. The van der Waals surface area contributed by atoms with Gasteiger partial charge in [-0.2, -0.15) is 0 Å². The number of para-hydroxylation sites is 1. The zero-order valence-corrected chi connectivity index (χ0v) is 10.3. The van der Waals surface area contributed by atoms with Gasteiger partial charge < -0.3 is 10.0 Å². The van der Waals surface area contributed by atoms with E-state index in [0.29, 0.717) is 6.54 Å². The first kappa shape index (κ1) is 14.4. The van der Waals surface area contributed by atoms with E-state index in [1.54, 1.807) is 0 Å². The molecule has 0 aliphatic carbocycles. The Labute approximate surface area is 105 Å². The summed E-state index contributed by atoms with van der Waals surface area (Å²) in [5.74, 6) is -2.29. The number of carboxylic acid groups (broad SMARTS) is 1. The molecule has 0 bridgehead atoms. The SMILES string of the molecule is CCCCN(CCC(=O)O)c1c(F)cccc1F. The molecule has 0 saturated heterocycles. The van der Waals surface area contributed by atoms with Gasteiger partial charge in [-0.1, -0.05) is 19.4 Å². The van der Waals surface area contributed by atoms with Crippen LogP contribution in [-0.4, -0.2) is 24.2 Å². The minimum atomic E-state index is -0.978. The van der Waals surface area contributed by atoms with Crippen LogP contribution in [-0.2, 0) is 4.79 Å². The molecule has 3 nitrogen and oxygen atoms in total. The number of carboxylic acids is 1. The fourth-order valence-corrected chi connectivity index (χ4v) is 1.71. The molecule has 0 radical (unpaired) electrons. The van der Waals surface area contributed by atoms with Crippen LogP contribution in [0, 0.1) is 11.6 Å². The smallest absolute Gasteiger partial charge is 0.305 e. The molecule has 1 N–H and O–H groups in total. The molecule has 0 heterocycles. The van der Waals surface area contributed by atoms with Crippen LogP contribution in [0.5, 0.6) is 0 Å². The molecule has 0 unspecified atom stereocenters. The lowest BCUT2D eigenvalue weighted by Gasteiger charge is -2.24. The average Bonchev–Trinajstić information content (AvgIpc) is 2.31. The third-order valence-electron chi connectivity index (χ3n) is 2.63. The van der Waals surface area contributed by atoms with Gasteiger partial charge in [0.1, 0.15) is 17.3 Å². The first-order valence-electron chi connectivity index (χ1n) is 5.97. The number of halogens is 2. The van der Waals surface area contributed by atoms with Crippen molar-refractivity contribution in [1.29, 1.82) is 0 Å². The summed E-state index contributed by atoms with van der Waals surface area (Å²) >= 11 is 0. The zero-order chi connectivity index (χ0) is 13.5. The summed E-state index contributed by atoms with van der Waals surface area (Å²) in [6.45, 7) is 2.52. The van der Waals surface area contributed by atoms with Crippen LogP contribution in [0.15, 0.2) is 18.2 Å². The highest BCUT2D eigenvalue weighted by Gasteiger charge is 2.16. The maximum Gasteiger partial charge on any atom is 0.305 e. The monoisotopic (exact) mass is 257 g/mol. The number of anilines is 1. The van der Waals surface area contributed by atoms with Crippen molar-refractivity contribution < 1.29 is 18.7 Å². The Morgan fingerprint density at radius 1 is 1.28 bits per heavy atom. The van der Waals surface area contributed by atoms with E-state index in [-0.39, 0.29) is 18.7 Å². The van der Waals surface area contributed by atoms with E-state index in [1.165, 1.54) is 23.1 Å². The molecule has 0 atom stereocenters. The van der Waals surface area contributed by atoms with Gasteiger partial charge in [0.25, 0.3) is 0 Å². The molecule has 1 rings (SSSR count). The van der Waals surface area contributed by atoms with E-state index < -0.39 is 17.6 Å². The Balaban J connectivity index is 2.89. The van der Waals surface area contributed by atoms with E-state index in [9.17, 15) is 13.6 Å². The van der Waals surface area contributed by atoms with Crippen molar-refractivity contribution in [3.63, 3.8) is 0 Å². The van der Waals surface area contributed by atoms with Crippen molar-refractivity contribution >= 4 is 11.7 Å². The molecule has 5 heteroatoms. The molecule has 100 valence electrons. The fraction of sp³-hybridized carbons (Fsp3) is 0.462. The molecule has 18 heavy (non-hydrogen) atoms. The van der Waals surface area contributed by atoms with Gasteiger partial charge >= 0.3 is 5.97 Å². The number of hydrogen-bond donors (Lipinski definition) is 1. The molecule has 0 spiro atoms. The molecule has 0 saturated carbocycles. The normalized spacial score (nSPS) is 10.4. The first-order chi connectivity index (χ1) is 8.56. The van der Waals surface area contributed by atoms with E-state index in [1.807, 2.05) is 6.92 Å². The summed E-state index contributed by atoms with van der Waals surface area (Å²) in [5.41, 5.74) is -0.132. The number of rotatable bonds is 7. The van der Waals surface area contributed by atoms with Crippen LogP contribution in [0.4, 0.5) is 14.5 Å². The Morgan fingerprint density at radius 2 is 1.89 bits per heavy atom. The summed E-state index contributed by atoms with van der Waals surface area (Å²) in [7, 11) is 0. The van der Waals surface area contributed by atoms with Crippen LogP contribution in [0.3, 0.4) is 0 Å². The summed E-state index contributed by atoms with van der Waals surface area (Å²) in [4.78, 5) is 12.0. The van der Waals surface area contributed by atoms with E-state index in [2.05, 4.69) is 0 Å². The van der Waals surface area contributed by atoms with E-state index >= 15 is 0 Å². The molecule has 0 aliphatic heterocycles. The molecule has 0 aromatic heterocycles. The molecule has 0 aliphatic rings. The standard InChI is InChI=1S/C13H17F2NO2/c1-2-3-8-16(9-7-12(17)18)13-10(14)5-4-6-11(13)15/h4-6H,2-3,7-9H2,1H3,(H,17,18). The highest BCUT2D eigenvalue weighted by atomic mass is 19.1. The van der Waals surface area contributed by atoms with Crippen LogP contribution in [0.25, 0.3) is 0 Å². The molecule has 1 aromatic carbocycles. The second kappa shape index (κ2) is 6.93. The number of aliphatic carboxylic acids is 1. The van der Waals surface area contributed by atoms with Crippen molar-refractivity contribution in [2.24, 2.45) is 0 Å². The van der Waals surface area contributed by atoms with Crippen LogP contribution >= 0.6 is 0 Å². The molecule has 0 fully saturated rings. The fourth-order valence-electron chi connectivity index (χ4n) is 1.71. The van der Waals surface area contributed by atoms with Gasteiger partial charge in [-0.3, -0.25) is 4.79 Å². The van der Waals surface area contributed by atoms with Gasteiger partial charge in [-0.05, 0) is 18.6 Å². The minimum Gasteiger partial charge on any atom is -0.481 e. The van der Waals surface area contributed by atoms with Crippen molar-refractivity contribution in [2.75, 3.05) is 18.0 Å². The zero-order valence-electron chi connectivity index (χ0n) is 10.3. The van der Waals surface area contributed by atoms with Gasteiger partial charge in [0.2, 0.25) is 0 Å². The number of nitrogens with zero attached hydrogens (tertiary/aromatic N) is 1. The maximum absolute atomic E-state index is 13.6. The van der Waals surface area contributed by atoms with Crippen molar-refractivity contribution in [3.05, 3.63) is 29.8 Å². The van der Waals surface area contributed by atoms with Crippen molar-refractivity contribution in [1.82, 2.24) is 0 Å². The first-order valence-corrected chi connectivity index (χ1v) is 5.97. The van der Waals surface area contributed by atoms with E-state index in [0.717, 1.165) is 12.8 Å². The second-order valence-corrected chi connectivity index (χ2v) is 4.05. The van der Waals surface area contributed by atoms with Crippen molar-refractivity contribution in [2.45, 2.75) is 26.2 Å². The Hall–Kier alpha value is -1.65. The van der Waals surface area contributed by atoms with Crippen molar-refractivity contribution in [3.8, 4) is 0 Å². The quantitative estimate of drug-likeness (QED) is 0.816. The Morgan fingerprint density at radius 3 is 2.39 bits per heavy atom. The van der Waals surface area contributed by atoms with Gasteiger partial charge in [-0.15, -0.1) is 0 Å². The lowest BCUT2D eigenvalue weighted by atomic mass is 10.2. The average molecular weight is 257 g/mol. The summed E-state index contributed by atoms with van der Waals surface area (Å²) in [6.07, 6.45) is 1.49. The molecule has 1 aromatic rings. The number of hydrogen-bond acceptors (Lipinski definition) is 2. The maximum atomic E-state index is 13.6. The topological polar surface area (TPSA) is 40.5 Å². The Bertz CT molecular complexity index is 390. The summed E-state index contributed by atoms with van der Waals surface area (Å²) in [5, 5.41) is 8.66. The highest BCUT2D eigenvalue weighted by Crippen LogP contribution is 2.23. The predicted molar refractivity (Wildman–Crippen MR) is 65.7 cm³/mol. The highest BCUT2D eigenvalue weighted by molar-refractivity contribution is 5.67. The predicted octanol–water partition coefficient (Wildman–Crippen LogP) is 3.05.